The minimum Gasteiger partial charge on any atom is -0.390 e. The average molecular weight is 381 g/mol. The second-order valence-electron chi connectivity index (χ2n) is 9.53. The summed E-state index contributed by atoms with van der Waals surface area (Å²) in [5.41, 5.74) is -0.339. The van der Waals surface area contributed by atoms with Crippen LogP contribution in [-0.4, -0.2) is 10.7 Å². The molecule has 1 saturated carbocycles. The van der Waals surface area contributed by atoms with Crippen molar-refractivity contribution in [2.45, 2.75) is 161 Å². The minimum absolute atomic E-state index is 0.339. The third kappa shape index (κ3) is 12.2. The van der Waals surface area contributed by atoms with Gasteiger partial charge >= 0.3 is 0 Å². The van der Waals surface area contributed by atoms with Gasteiger partial charge in [0.05, 0.1) is 5.60 Å². The van der Waals surface area contributed by atoms with Crippen molar-refractivity contribution >= 4 is 0 Å². The molecular weight excluding hydrogens is 328 g/mol. The Hall–Kier alpha value is -0.0400. The molecule has 1 rings (SSSR count). The zero-order valence-electron chi connectivity index (χ0n) is 19.1. The molecule has 27 heavy (non-hydrogen) atoms. The van der Waals surface area contributed by atoms with E-state index >= 15 is 0 Å². The first-order valence-corrected chi connectivity index (χ1v) is 13.0. The SMILES string of the molecule is CCCCCCCCCCCCCCC(O)(CCCCC)C1CCCCC1. The van der Waals surface area contributed by atoms with Gasteiger partial charge in [-0.05, 0) is 31.6 Å². The van der Waals surface area contributed by atoms with Crippen LogP contribution in [0.3, 0.4) is 0 Å². The van der Waals surface area contributed by atoms with Gasteiger partial charge in [0.15, 0.2) is 0 Å². The highest BCUT2D eigenvalue weighted by Gasteiger charge is 2.35. The van der Waals surface area contributed by atoms with E-state index in [0.29, 0.717) is 5.92 Å². The Kier molecular flexibility index (Phi) is 15.6. The standard InChI is InChI=1S/C26H52O/c1-3-5-7-8-9-10-11-12-13-14-15-20-24-26(27,23-19-6-4-2)25-21-17-16-18-22-25/h25,27H,3-24H2,1-2H3. The number of hydrogen-bond donors (Lipinski definition) is 1. The second-order valence-corrected chi connectivity index (χ2v) is 9.53. The van der Waals surface area contributed by atoms with Crippen molar-refractivity contribution in [3.63, 3.8) is 0 Å². The Morgan fingerprint density at radius 2 is 0.926 bits per heavy atom. The van der Waals surface area contributed by atoms with Gasteiger partial charge in [0.2, 0.25) is 0 Å². The molecule has 1 atom stereocenters. The fraction of sp³-hybridized carbons (Fsp3) is 1.00. The van der Waals surface area contributed by atoms with Crippen molar-refractivity contribution in [3.8, 4) is 0 Å². The van der Waals surface area contributed by atoms with Crippen LogP contribution in [0.2, 0.25) is 0 Å². The second kappa shape index (κ2) is 16.9. The summed E-state index contributed by atoms with van der Waals surface area (Å²) in [6.07, 6.45) is 29.3. The first kappa shape index (κ1) is 25.0. The van der Waals surface area contributed by atoms with Crippen LogP contribution in [0.4, 0.5) is 0 Å². The summed E-state index contributed by atoms with van der Waals surface area (Å²) < 4.78 is 0. The molecule has 0 aromatic rings. The Morgan fingerprint density at radius 1 is 0.556 bits per heavy atom. The molecule has 1 heteroatoms. The summed E-state index contributed by atoms with van der Waals surface area (Å²) in [5, 5.41) is 11.4. The Balaban J connectivity index is 2.09. The predicted molar refractivity (Wildman–Crippen MR) is 121 cm³/mol. The van der Waals surface area contributed by atoms with Crippen molar-refractivity contribution in [2.24, 2.45) is 5.92 Å². The maximum Gasteiger partial charge on any atom is 0.0675 e. The van der Waals surface area contributed by atoms with Gasteiger partial charge in [-0.1, -0.05) is 129 Å². The van der Waals surface area contributed by atoms with Gasteiger partial charge in [0, 0.05) is 0 Å². The van der Waals surface area contributed by atoms with Crippen LogP contribution in [0, 0.1) is 5.92 Å². The van der Waals surface area contributed by atoms with E-state index in [9.17, 15) is 5.11 Å². The molecule has 1 nitrogen and oxygen atoms in total. The minimum atomic E-state index is -0.339. The fourth-order valence-electron chi connectivity index (χ4n) is 5.13. The Labute approximate surface area is 172 Å². The molecule has 1 aliphatic rings. The van der Waals surface area contributed by atoms with Crippen LogP contribution in [-0.2, 0) is 0 Å². The lowest BCUT2D eigenvalue weighted by Gasteiger charge is -2.39. The lowest BCUT2D eigenvalue weighted by molar-refractivity contribution is -0.0505. The molecule has 0 aromatic heterocycles. The van der Waals surface area contributed by atoms with Crippen molar-refractivity contribution in [1.82, 2.24) is 0 Å². The summed E-state index contributed by atoms with van der Waals surface area (Å²) in [6, 6.07) is 0. The van der Waals surface area contributed by atoms with Gasteiger partial charge in [0.25, 0.3) is 0 Å². The third-order valence-electron chi connectivity index (χ3n) is 7.04. The molecule has 0 bridgehead atoms. The van der Waals surface area contributed by atoms with E-state index < -0.39 is 0 Å². The molecule has 1 unspecified atom stereocenters. The Bertz CT molecular complexity index is 307. The van der Waals surface area contributed by atoms with Gasteiger partial charge in [0.1, 0.15) is 0 Å². The first-order valence-electron chi connectivity index (χ1n) is 13.0. The summed E-state index contributed by atoms with van der Waals surface area (Å²) >= 11 is 0. The van der Waals surface area contributed by atoms with E-state index in [4.69, 9.17) is 0 Å². The molecule has 1 fully saturated rings. The van der Waals surface area contributed by atoms with E-state index in [1.165, 1.54) is 128 Å². The van der Waals surface area contributed by atoms with Gasteiger partial charge in [-0.15, -0.1) is 0 Å². The van der Waals surface area contributed by atoms with E-state index in [2.05, 4.69) is 13.8 Å². The monoisotopic (exact) mass is 380 g/mol. The summed E-state index contributed by atoms with van der Waals surface area (Å²) in [5.74, 6) is 0.593. The maximum absolute atomic E-state index is 11.4. The predicted octanol–water partition coefficient (Wildman–Crippen LogP) is 8.97. The molecule has 0 saturated heterocycles. The largest absolute Gasteiger partial charge is 0.390 e. The molecule has 1 aliphatic carbocycles. The summed E-state index contributed by atoms with van der Waals surface area (Å²) in [4.78, 5) is 0. The van der Waals surface area contributed by atoms with Crippen LogP contribution in [0.1, 0.15) is 155 Å². The first-order chi connectivity index (χ1) is 13.2. The number of aliphatic hydroxyl groups is 1. The van der Waals surface area contributed by atoms with Gasteiger partial charge in [-0.25, -0.2) is 0 Å². The molecule has 0 aromatic carbocycles. The average Bonchev–Trinajstić information content (AvgIpc) is 2.70. The van der Waals surface area contributed by atoms with E-state index in [1.807, 2.05) is 0 Å². The number of unbranched alkanes of at least 4 members (excludes halogenated alkanes) is 13. The van der Waals surface area contributed by atoms with Crippen LogP contribution in [0.25, 0.3) is 0 Å². The van der Waals surface area contributed by atoms with E-state index in [-0.39, 0.29) is 5.60 Å². The molecular formula is C26H52O. The van der Waals surface area contributed by atoms with Gasteiger partial charge in [-0.2, -0.15) is 0 Å². The highest BCUT2D eigenvalue weighted by atomic mass is 16.3. The van der Waals surface area contributed by atoms with Crippen LogP contribution >= 0.6 is 0 Å². The van der Waals surface area contributed by atoms with Crippen LogP contribution < -0.4 is 0 Å². The molecule has 0 spiro atoms. The van der Waals surface area contributed by atoms with E-state index in [0.717, 1.165) is 12.8 Å². The highest BCUT2D eigenvalue weighted by Crippen LogP contribution is 2.39. The van der Waals surface area contributed by atoms with Crippen LogP contribution in [0.5, 0.6) is 0 Å². The maximum atomic E-state index is 11.4. The molecule has 0 radical (unpaired) electrons. The van der Waals surface area contributed by atoms with Gasteiger partial charge in [-0.3, -0.25) is 0 Å². The molecule has 0 amide bonds. The van der Waals surface area contributed by atoms with E-state index in [1.54, 1.807) is 0 Å². The van der Waals surface area contributed by atoms with Crippen molar-refractivity contribution in [1.29, 1.82) is 0 Å². The summed E-state index contributed by atoms with van der Waals surface area (Å²) in [6.45, 7) is 4.56. The van der Waals surface area contributed by atoms with Crippen molar-refractivity contribution in [3.05, 3.63) is 0 Å². The molecule has 0 heterocycles. The molecule has 1 N–H and O–H groups in total. The zero-order chi connectivity index (χ0) is 19.6. The quantitative estimate of drug-likeness (QED) is 0.235. The smallest absolute Gasteiger partial charge is 0.0675 e. The topological polar surface area (TPSA) is 20.2 Å². The number of hydrogen-bond acceptors (Lipinski definition) is 1. The fourth-order valence-corrected chi connectivity index (χ4v) is 5.13. The van der Waals surface area contributed by atoms with Crippen molar-refractivity contribution in [2.75, 3.05) is 0 Å². The summed E-state index contributed by atoms with van der Waals surface area (Å²) in [7, 11) is 0. The highest BCUT2D eigenvalue weighted by molar-refractivity contribution is 4.88. The zero-order valence-corrected chi connectivity index (χ0v) is 19.1. The lowest BCUT2D eigenvalue weighted by atomic mass is 9.72. The normalized spacial score (nSPS) is 17.9. The van der Waals surface area contributed by atoms with Gasteiger partial charge < -0.3 is 5.11 Å². The molecule has 0 aliphatic heterocycles. The molecule has 162 valence electrons. The third-order valence-corrected chi connectivity index (χ3v) is 7.04. The van der Waals surface area contributed by atoms with Crippen LogP contribution in [0.15, 0.2) is 0 Å². The van der Waals surface area contributed by atoms with Crippen molar-refractivity contribution < 1.29 is 5.11 Å². The number of rotatable bonds is 18. The Morgan fingerprint density at radius 3 is 1.41 bits per heavy atom. The lowest BCUT2D eigenvalue weighted by Crippen LogP contribution is -2.39.